The fraction of sp³-hybridized carbons (Fsp3) is 0.211. The average Bonchev–Trinajstić information content (AvgIpc) is 3.15. The van der Waals surface area contributed by atoms with Crippen LogP contribution < -0.4 is 16.0 Å². The summed E-state index contributed by atoms with van der Waals surface area (Å²) >= 11 is 0. The highest BCUT2D eigenvalue weighted by Gasteiger charge is 2.07. The first kappa shape index (κ1) is 17.5. The minimum Gasteiger partial charge on any atom is -0.459 e. The molecule has 1 aromatic carbocycles. The van der Waals surface area contributed by atoms with Gasteiger partial charge in [0.1, 0.15) is 5.82 Å². The Hall–Kier alpha value is -3.35. The molecule has 1 amide bonds. The van der Waals surface area contributed by atoms with Crippen LogP contribution >= 0.6 is 0 Å². The van der Waals surface area contributed by atoms with Gasteiger partial charge in [-0.3, -0.25) is 4.79 Å². The van der Waals surface area contributed by atoms with Gasteiger partial charge in [-0.15, -0.1) is 0 Å². The quantitative estimate of drug-likeness (QED) is 0.566. The van der Waals surface area contributed by atoms with E-state index in [1.807, 2.05) is 44.2 Å². The second-order valence-corrected chi connectivity index (χ2v) is 5.87. The lowest BCUT2D eigenvalue weighted by Crippen LogP contribution is -2.28. The molecule has 2 aromatic heterocycles. The number of hydrogen-bond acceptors (Lipinski definition) is 6. The molecule has 0 saturated heterocycles. The number of hydrogen-bond donors (Lipinski definition) is 3. The number of aromatic nitrogens is 2. The van der Waals surface area contributed by atoms with E-state index in [-0.39, 0.29) is 5.91 Å². The molecule has 0 aliphatic carbocycles. The van der Waals surface area contributed by atoms with Gasteiger partial charge < -0.3 is 20.4 Å². The number of carbonyl (C=O) groups is 1. The molecule has 0 unspecified atom stereocenters. The summed E-state index contributed by atoms with van der Waals surface area (Å²) in [5.41, 5.74) is 3.01. The second kappa shape index (κ2) is 8.15. The van der Waals surface area contributed by atoms with Crippen LogP contribution in [0.4, 0.5) is 17.5 Å². The first-order valence-corrected chi connectivity index (χ1v) is 8.35. The fourth-order valence-electron chi connectivity index (χ4n) is 2.34. The Morgan fingerprint density at radius 2 is 1.88 bits per heavy atom. The van der Waals surface area contributed by atoms with Crippen LogP contribution in [0.3, 0.4) is 0 Å². The highest BCUT2D eigenvalue weighted by molar-refractivity contribution is 5.91. The van der Waals surface area contributed by atoms with Gasteiger partial charge in [-0.2, -0.15) is 4.98 Å². The van der Waals surface area contributed by atoms with Crippen molar-refractivity contribution in [2.45, 2.75) is 13.8 Å². The molecule has 3 N–H and O–H groups in total. The molecule has 3 rings (SSSR count). The molecule has 0 atom stereocenters. The summed E-state index contributed by atoms with van der Waals surface area (Å²) in [5, 5.41) is 9.14. The molecule has 0 aliphatic heterocycles. The van der Waals surface area contributed by atoms with E-state index in [0.29, 0.717) is 30.6 Å². The van der Waals surface area contributed by atoms with Crippen molar-refractivity contribution in [1.82, 2.24) is 15.3 Å². The number of anilines is 3. The number of rotatable bonds is 7. The number of nitrogens with one attached hydrogen (secondary N) is 3. The molecule has 0 bridgehead atoms. The van der Waals surface area contributed by atoms with Gasteiger partial charge in [0, 0.05) is 30.5 Å². The number of benzene rings is 1. The summed E-state index contributed by atoms with van der Waals surface area (Å²) in [6, 6.07) is 13.3. The highest BCUT2D eigenvalue weighted by Crippen LogP contribution is 2.17. The lowest BCUT2D eigenvalue weighted by atomic mass is 10.2. The molecule has 7 heteroatoms. The van der Waals surface area contributed by atoms with Crippen LogP contribution in [0, 0.1) is 13.8 Å². The summed E-state index contributed by atoms with van der Waals surface area (Å²) in [7, 11) is 0. The maximum atomic E-state index is 11.8. The van der Waals surface area contributed by atoms with Crippen molar-refractivity contribution >= 4 is 23.4 Å². The van der Waals surface area contributed by atoms with Crippen molar-refractivity contribution in [2.24, 2.45) is 0 Å². The van der Waals surface area contributed by atoms with Gasteiger partial charge in [-0.05, 0) is 38.1 Å². The Labute approximate surface area is 151 Å². The smallest absolute Gasteiger partial charge is 0.287 e. The molecule has 0 radical (unpaired) electrons. The topological polar surface area (TPSA) is 92.1 Å². The van der Waals surface area contributed by atoms with Crippen LogP contribution in [0.25, 0.3) is 0 Å². The van der Waals surface area contributed by atoms with Crippen LogP contribution in [0.5, 0.6) is 0 Å². The third kappa shape index (κ3) is 4.83. The predicted molar refractivity (Wildman–Crippen MR) is 101 cm³/mol. The molecule has 2 heterocycles. The minimum absolute atomic E-state index is 0.247. The number of amides is 1. The standard InChI is InChI=1S/C19H21N5O2/c1-13-5-7-15(8-6-13)23-17-12-14(2)22-19(24-17)21-10-9-20-18(25)16-4-3-11-26-16/h3-8,11-12H,9-10H2,1-2H3,(H,20,25)(H2,21,22,23,24). The first-order valence-electron chi connectivity index (χ1n) is 8.35. The predicted octanol–water partition coefficient (Wildman–Crippen LogP) is 3.27. The Kier molecular flexibility index (Phi) is 5.48. The number of aryl methyl sites for hydroxylation is 2. The molecule has 0 saturated carbocycles. The van der Waals surface area contributed by atoms with Crippen molar-refractivity contribution in [3.8, 4) is 0 Å². The van der Waals surface area contributed by atoms with Crippen LogP contribution in [0.1, 0.15) is 21.8 Å². The summed E-state index contributed by atoms with van der Waals surface area (Å²) in [5.74, 6) is 1.26. The summed E-state index contributed by atoms with van der Waals surface area (Å²) in [4.78, 5) is 20.6. The van der Waals surface area contributed by atoms with E-state index in [1.165, 1.54) is 11.8 Å². The third-order valence-corrected chi connectivity index (χ3v) is 3.62. The first-order chi connectivity index (χ1) is 12.6. The van der Waals surface area contributed by atoms with Gasteiger partial charge in [0.15, 0.2) is 5.76 Å². The summed E-state index contributed by atoms with van der Waals surface area (Å²) in [6.07, 6.45) is 1.47. The Morgan fingerprint density at radius 1 is 1.08 bits per heavy atom. The van der Waals surface area contributed by atoms with Gasteiger partial charge in [-0.25, -0.2) is 4.98 Å². The average molecular weight is 351 g/mol. The molecule has 3 aromatic rings. The summed E-state index contributed by atoms with van der Waals surface area (Å²) in [6.45, 7) is 4.88. The second-order valence-electron chi connectivity index (χ2n) is 5.87. The van der Waals surface area contributed by atoms with Gasteiger partial charge in [0.25, 0.3) is 5.91 Å². The Bertz CT molecular complexity index is 860. The van der Waals surface area contributed by atoms with Crippen LogP contribution in [0.15, 0.2) is 53.1 Å². The molecule has 26 heavy (non-hydrogen) atoms. The highest BCUT2D eigenvalue weighted by atomic mass is 16.3. The van der Waals surface area contributed by atoms with Crippen molar-refractivity contribution in [3.63, 3.8) is 0 Å². The fourth-order valence-corrected chi connectivity index (χ4v) is 2.34. The van der Waals surface area contributed by atoms with E-state index >= 15 is 0 Å². The SMILES string of the molecule is Cc1ccc(Nc2cc(C)nc(NCCNC(=O)c3ccco3)n2)cc1. The zero-order valence-electron chi connectivity index (χ0n) is 14.7. The van der Waals surface area contributed by atoms with E-state index in [2.05, 4.69) is 25.9 Å². The van der Waals surface area contributed by atoms with E-state index < -0.39 is 0 Å². The Morgan fingerprint density at radius 3 is 2.62 bits per heavy atom. The zero-order chi connectivity index (χ0) is 18.4. The van der Waals surface area contributed by atoms with E-state index in [4.69, 9.17) is 4.42 Å². The van der Waals surface area contributed by atoms with E-state index in [0.717, 1.165) is 11.4 Å². The monoisotopic (exact) mass is 351 g/mol. The van der Waals surface area contributed by atoms with Crippen LogP contribution in [0.2, 0.25) is 0 Å². The van der Waals surface area contributed by atoms with Crippen LogP contribution in [-0.4, -0.2) is 29.0 Å². The van der Waals surface area contributed by atoms with Crippen molar-refractivity contribution in [2.75, 3.05) is 23.7 Å². The van der Waals surface area contributed by atoms with Crippen molar-refractivity contribution in [1.29, 1.82) is 0 Å². The van der Waals surface area contributed by atoms with Gasteiger partial charge in [-0.1, -0.05) is 17.7 Å². The molecule has 134 valence electrons. The van der Waals surface area contributed by atoms with Crippen molar-refractivity contribution in [3.05, 3.63) is 65.7 Å². The lowest BCUT2D eigenvalue weighted by Gasteiger charge is -2.10. The molecule has 0 aliphatic rings. The lowest BCUT2D eigenvalue weighted by molar-refractivity contribution is 0.0927. The number of furan rings is 1. The maximum absolute atomic E-state index is 11.8. The number of carbonyl (C=O) groups excluding carboxylic acids is 1. The van der Waals surface area contributed by atoms with Gasteiger partial charge in [0.2, 0.25) is 5.95 Å². The van der Waals surface area contributed by atoms with Crippen LogP contribution in [-0.2, 0) is 0 Å². The molecule has 7 nitrogen and oxygen atoms in total. The Balaban J connectivity index is 1.54. The minimum atomic E-state index is -0.247. The van der Waals surface area contributed by atoms with Crippen molar-refractivity contribution < 1.29 is 9.21 Å². The normalized spacial score (nSPS) is 10.4. The molecule has 0 spiro atoms. The van der Waals surface area contributed by atoms with E-state index in [1.54, 1.807) is 12.1 Å². The largest absolute Gasteiger partial charge is 0.459 e. The summed E-state index contributed by atoms with van der Waals surface area (Å²) < 4.78 is 5.04. The molecular formula is C19H21N5O2. The molecular weight excluding hydrogens is 330 g/mol. The molecule has 0 fully saturated rings. The maximum Gasteiger partial charge on any atom is 0.287 e. The van der Waals surface area contributed by atoms with E-state index in [9.17, 15) is 4.79 Å². The third-order valence-electron chi connectivity index (χ3n) is 3.62. The number of nitrogens with zero attached hydrogens (tertiary/aromatic N) is 2. The zero-order valence-corrected chi connectivity index (χ0v) is 14.7. The van der Waals surface area contributed by atoms with Gasteiger partial charge >= 0.3 is 0 Å². The van der Waals surface area contributed by atoms with Gasteiger partial charge in [0.05, 0.1) is 6.26 Å².